The van der Waals surface area contributed by atoms with E-state index in [0.717, 1.165) is 27.7 Å². The van der Waals surface area contributed by atoms with Gasteiger partial charge < -0.3 is 30.1 Å². The number of carboxylic acids is 1. The second-order valence-corrected chi connectivity index (χ2v) is 14.4. The molecule has 1 aliphatic carbocycles. The molecule has 11 heteroatoms. The SMILES string of the molecule is C=CC1CC1(NC(=O)[C@@H]1C[C@@H](Cc2cc(-c3ccccc3)nc3cc(OC)ccc23)CN1C(=O)[C@@H](NC(=O)OC(C)(C)C)C(C)C)C(=O)O. The van der Waals surface area contributed by atoms with Gasteiger partial charge in [0.15, 0.2) is 0 Å². The molecule has 0 bridgehead atoms. The Balaban J connectivity index is 1.49. The molecule has 3 aromatic rings. The number of nitrogens with one attached hydrogen (secondary N) is 2. The lowest BCUT2D eigenvalue weighted by Gasteiger charge is -2.31. The molecule has 2 aromatic carbocycles. The lowest BCUT2D eigenvalue weighted by Crippen LogP contribution is -2.57. The van der Waals surface area contributed by atoms with Crippen molar-refractivity contribution in [2.45, 2.75) is 77.1 Å². The highest BCUT2D eigenvalue weighted by Crippen LogP contribution is 2.45. The number of amides is 3. The summed E-state index contributed by atoms with van der Waals surface area (Å²) in [4.78, 5) is 59.7. The third-order valence-electron chi connectivity index (χ3n) is 9.29. The van der Waals surface area contributed by atoms with Crippen LogP contribution in [0.5, 0.6) is 5.75 Å². The van der Waals surface area contributed by atoms with Crippen LogP contribution in [-0.4, -0.2) is 75.7 Å². The maximum Gasteiger partial charge on any atom is 0.408 e. The van der Waals surface area contributed by atoms with Crippen LogP contribution in [0, 0.1) is 17.8 Å². The predicted octanol–water partition coefficient (Wildman–Crippen LogP) is 5.36. The van der Waals surface area contributed by atoms with Crippen molar-refractivity contribution in [1.82, 2.24) is 20.5 Å². The van der Waals surface area contributed by atoms with Crippen LogP contribution in [0.2, 0.25) is 0 Å². The summed E-state index contributed by atoms with van der Waals surface area (Å²) in [5, 5.41) is 16.4. The molecule has 1 saturated heterocycles. The molecule has 0 radical (unpaired) electrons. The average Bonchev–Trinajstić information content (AvgIpc) is 3.61. The summed E-state index contributed by atoms with van der Waals surface area (Å²) in [5.74, 6) is -2.35. The van der Waals surface area contributed by atoms with Gasteiger partial charge in [0.2, 0.25) is 11.8 Å². The minimum Gasteiger partial charge on any atom is -0.497 e. The van der Waals surface area contributed by atoms with Crippen LogP contribution in [0.25, 0.3) is 22.2 Å². The summed E-state index contributed by atoms with van der Waals surface area (Å²) in [6.07, 6.45) is 1.83. The third kappa shape index (κ3) is 7.71. The molecule has 2 aliphatic rings. The van der Waals surface area contributed by atoms with Gasteiger partial charge in [-0.05, 0) is 75.6 Å². The van der Waals surface area contributed by atoms with Crippen LogP contribution < -0.4 is 15.4 Å². The number of ether oxygens (including phenoxy) is 2. The highest BCUT2D eigenvalue weighted by molar-refractivity contribution is 5.96. The first-order chi connectivity index (χ1) is 23.2. The van der Waals surface area contributed by atoms with E-state index in [1.54, 1.807) is 27.9 Å². The molecule has 3 N–H and O–H groups in total. The predicted molar refractivity (Wildman–Crippen MR) is 186 cm³/mol. The zero-order valence-electron chi connectivity index (χ0n) is 29.0. The Labute approximate surface area is 287 Å². The maximum absolute atomic E-state index is 14.3. The van der Waals surface area contributed by atoms with Gasteiger partial charge in [0.1, 0.15) is 29.0 Å². The number of hydrogen-bond acceptors (Lipinski definition) is 7. The average molecular weight is 671 g/mol. The topological polar surface area (TPSA) is 147 Å². The molecule has 2 fully saturated rings. The van der Waals surface area contributed by atoms with E-state index < -0.39 is 53.0 Å². The van der Waals surface area contributed by atoms with E-state index in [1.165, 1.54) is 11.0 Å². The molecule has 5 atom stereocenters. The van der Waals surface area contributed by atoms with E-state index >= 15 is 0 Å². The van der Waals surface area contributed by atoms with Crippen molar-refractivity contribution >= 4 is 34.8 Å². The van der Waals surface area contributed by atoms with E-state index in [1.807, 2.05) is 68.4 Å². The molecule has 49 heavy (non-hydrogen) atoms. The van der Waals surface area contributed by atoms with Crippen LogP contribution in [-0.2, 0) is 25.5 Å². The normalized spacial score (nSPS) is 22.3. The van der Waals surface area contributed by atoms with Gasteiger partial charge in [-0.2, -0.15) is 0 Å². The highest BCUT2D eigenvalue weighted by atomic mass is 16.6. The fraction of sp³-hybridized carbons (Fsp3) is 0.447. The smallest absolute Gasteiger partial charge is 0.408 e. The Bertz CT molecular complexity index is 1750. The Morgan fingerprint density at radius 2 is 1.84 bits per heavy atom. The zero-order valence-corrected chi connectivity index (χ0v) is 29.0. The monoisotopic (exact) mass is 670 g/mol. The number of alkyl carbamates (subject to hydrolysis) is 1. The fourth-order valence-electron chi connectivity index (χ4n) is 6.65. The van der Waals surface area contributed by atoms with Gasteiger partial charge in [-0.25, -0.2) is 14.6 Å². The Kier molecular flexibility index (Phi) is 10.0. The van der Waals surface area contributed by atoms with Crippen LogP contribution in [0.1, 0.15) is 53.0 Å². The summed E-state index contributed by atoms with van der Waals surface area (Å²) in [7, 11) is 1.61. The number of rotatable bonds is 11. The van der Waals surface area contributed by atoms with Crippen LogP contribution in [0.15, 0.2) is 67.3 Å². The van der Waals surface area contributed by atoms with Gasteiger partial charge in [0.25, 0.3) is 0 Å². The van der Waals surface area contributed by atoms with E-state index in [9.17, 15) is 24.3 Å². The van der Waals surface area contributed by atoms with E-state index in [0.29, 0.717) is 18.6 Å². The molecule has 1 aliphatic heterocycles. The molecule has 2 heterocycles. The van der Waals surface area contributed by atoms with Gasteiger partial charge in [0.05, 0.1) is 18.3 Å². The number of carbonyl (C=O) groups excluding carboxylic acids is 3. The van der Waals surface area contributed by atoms with Crippen LogP contribution >= 0.6 is 0 Å². The number of nitrogens with zero attached hydrogens (tertiary/aromatic N) is 2. The number of methoxy groups -OCH3 is 1. The standard InChI is InChI=1S/C38H46N4O7/c1-8-26-20-38(26,35(45)46)41-33(43)31-17-23(21-42(31)34(44)32(22(2)3)40-36(47)49-37(4,5)6)16-25-18-29(24-12-10-9-11-13-24)39-30-19-27(48-7)14-15-28(25)30/h8-15,18-19,22-23,26,31-32H,1,16-17,20-21H2,2-7H3,(H,40,47)(H,41,43)(H,45,46)/t23-,26?,31+,32+,38?/m1/s1. The van der Waals surface area contributed by atoms with Crippen LogP contribution in [0.3, 0.4) is 0 Å². The first kappa shape index (κ1) is 35.4. The largest absolute Gasteiger partial charge is 0.497 e. The minimum atomic E-state index is -1.46. The number of carboxylic acid groups (broad SMARTS) is 1. The fourth-order valence-corrected chi connectivity index (χ4v) is 6.65. The summed E-state index contributed by atoms with van der Waals surface area (Å²) >= 11 is 0. The molecule has 260 valence electrons. The number of benzene rings is 2. The first-order valence-electron chi connectivity index (χ1n) is 16.7. The third-order valence-corrected chi connectivity index (χ3v) is 9.29. The number of fused-ring (bicyclic) bond motifs is 1. The Hall–Kier alpha value is -4.93. The second kappa shape index (κ2) is 13.9. The number of hydrogen-bond donors (Lipinski definition) is 3. The number of aliphatic carboxylic acids is 1. The second-order valence-electron chi connectivity index (χ2n) is 14.4. The lowest BCUT2D eigenvalue weighted by atomic mass is 9.93. The van der Waals surface area contributed by atoms with Gasteiger partial charge in [-0.3, -0.25) is 9.59 Å². The molecule has 2 unspecified atom stereocenters. The van der Waals surface area contributed by atoms with Gasteiger partial charge >= 0.3 is 12.1 Å². The minimum absolute atomic E-state index is 0.166. The van der Waals surface area contributed by atoms with Crippen molar-refractivity contribution in [3.05, 3.63) is 72.8 Å². The first-order valence-corrected chi connectivity index (χ1v) is 16.7. The molecule has 0 spiro atoms. The van der Waals surface area contributed by atoms with Crippen molar-refractivity contribution in [1.29, 1.82) is 0 Å². The summed E-state index contributed by atoms with van der Waals surface area (Å²) in [5.41, 5.74) is 1.25. The molecule has 1 saturated carbocycles. The molecule has 3 amide bonds. The maximum atomic E-state index is 14.3. The Morgan fingerprint density at radius 3 is 2.43 bits per heavy atom. The molecule has 1 aromatic heterocycles. The summed E-state index contributed by atoms with van der Waals surface area (Å²) in [6.45, 7) is 12.8. The Morgan fingerprint density at radius 1 is 1.12 bits per heavy atom. The zero-order chi connectivity index (χ0) is 35.7. The van der Waals surface area contributed by atoms with Crippen molar-refractivity contribution in [2.75, 3.05) is 13.7 Å². The van der Waals surface area contributed by atoms with Crippen molar-refractivity contribution in [3.63, 3.8) is 0 Å². The number of likely N-dealkylation sites (tertiary alicyclic amines) is 1. The molecular weight excluding hydrogens is 624 g/mol. The van der Waals surface area contributed by atoms with Crippen molar-refractivity contribution in [2.24, 2.45) is 17.8 Å². The quantitative estimate of drug-likeness (QED) is 0.231. The summed E-state index contributed by atoms with van der Waals surface area (Å²) in [6, 6.07) is 15.7. The van der Waals surface area contributed by atoms with Crippen LogP contribution in [0.4, 0.5) is 4.79 Å². The highest BCUT2D eigenvalue weighted by Gasteiger charge is 2.61. The van der Waals surface area contributed by atoms with Crippen molar-refractivity contribution < 1.29 is 33.8 Å². The molecule has 5 rings (SSSR count). The van der Waals surface area contributed by atoms with E-state index in [2.05, 4.69) is 17.2 Å². The van der Waals surface area contributed by atoms with Crippen molar-refractivity contribution in [3.8, 4) is 17.0 Å². The van der Waals surface area contributed by atoms with E-state index in [-0.39, 0.29) is 24.8 Å². The van der Waals surface area contributed by atoms with Gasteiger partial charge in [0, 0.05) is 29.5 Å². The lowest BCUT2D eigenvalue weighted by molar-refractivity contribution is -0.146. The molecule has 11 nitrogen and oxygen atoms in total. The summed E-state index contributed by atoms with van der Waals surface area (Å²) < 4.78 is 10.9. The number of carbonyl (C=O) groups is 4. The van der Waals surface area contributed by atoms with Gasteiger partial charge in [-0.15, -0.1) is 6.58 Å². The van der Waals surface area contributed by atoms with E-state index in [4.69, 9.17) is 14.5 Å². The van der Waals surface area contributed by atoms with Gasteiger partial charge in [-0.1, -0.05) is 50.3 Å². The number of aromatic nitrogens is 1. The number of pyridine rings is 1. The molecular formula is C38H46N4O7.